The van der Waals surface area contributed by atoms with Gasteiger partial charge in [0.25, 0.3) is 0 Å². The molecule has 0 spiro atoms. The van der Waals surface area contributed by atoms with E-state index in [-0.39, 0.29) is 18.6 Å². The van der Waals surface area contributed by atoms with Crippen molar-refractivity contribution in [1.29, 1.82) is 5.26 Å². The van der Waals surface area contributed by atoms with Gasteiger partial charge in [-0.1, -0.05) is 18.2 Å². The van der Waals surface area contributed by atoms with E-state index < -0.39 is 0 Å². The molecule has 170 valence electrons. The molecule has 33 heavy (non-hydrogen) atoms. The molecule has 0 unspecified atom stereocenters. The zero-order valence-corrected chi connectivity index (χ0v) is 19.9. The molecular weight excluding hydrogens is 434 g/mol. The van der Waals surface area contributed by atoms with Crippen molar-refractivity contribution in [2.24, 2.45) is 0 Å². The summed E-state index contributed by atoms with van der Waals surface area (Å²) < 4.78 is 10.4. The first-order valence-electron chi connectivity index (χ1n) is 11.1. The van der Waals surface area contributed by atoms with Crippen molar-refractivity contribution in [2.75, 3.05) is 20.2 Å². The average molecular weight is 462 g/mol. The van der Waals surface area contributed by atoms with Crippen LogP contribution in [0.2, 0.25) is 0 Å². The number of fused-ring (bicyclic) bond motifs is 1. The smallest absolute Gasteiger partial charge is 0.319 e. The highest BCUT2D eigenvalue weighted by molar-refractivity contribution is 7.18. The minimum atomic E-state index is -0.248. The lowest BCUT2D eigenvalue weighted by atomic mass is 9.98. The molecular formula is C26H27N3O3S. The molecule has 0 aliphatic heterocycles. The summed E-state index contributed by atoms with van der Waals surface area (Å²) in [7, 11) is 1.40. The molecule has 0 amide bonds. The van der Waals surface area contributed by atoms with Crippen LogP contribution in [-0.2, 0) is 16.0 Å². The second-order valence-corrected chi connectivity index (χ2v) is 9.37. The number of ether oxygens (including phenoxy) is 2. The van der Waals surface area contributed by atoms with E-state index in [2.05, 4.69) is 34.6 Å². The number of nitriles is 1. The Kier molecular flexibility index (Phi) is 7.07. The van der Waals surface area contributed by atoms with Crippen molar-refractivity contribution in [3.63, 3.8) is 0 Å². The summed E-state index contributed by atoms with van der Waals surface area (Å²) in [6.07, 6.45) is 3.98. The molecule has 1 N–H and O–H groups in total. The van der Waals surface area contributed by atoms with Gasteiger partial charge in [0, 0.05) is 18.3 Å². The van der Waals surface area contributed by atoms with Gasteiger partial charge in [-0.05, 0) is 67.5 Å². The summed E-state index contributed by atoms with van der Waals surface area (Å²) in [6.45, 7) is 4.87. The van der Waals surface area contributed by atoms with Gasteiger partial charge in [0.15, 0.2) is 0 Å². The predicted molar refractivity (Wildman–Crippen MR) is 129 cm³/mol. The highest BCUT2D eigenvalue weighted by Gasteiger charge is 2.25. The Morgan fingerprint density at radius 1 is 1.33 bits per heavy atom. The number of hydrogen-bond donors (Lipinski definition) is 1. The number of nitrogens with zero attached hydrogens (tertiary/aromatic N) is 2. The van der Waals surface area contributed by atoms with Crippen LogP contribution in [0.4, 0.5) is 0 Å². The second-order valence-electron chi connectivity index (χ2n) is 8.33. The lowest BCUT2D eigenvalue weighted by molar-refractivity contribution is -0.139. The molecule has 1 heterocycles. The van der Waals surface area contributed by atoms with Crippen LogP contribution in [0.3, 0.4) is 0 Å². The standard InChI is InChI=1S/C26H27N3O3S/c1-16(2)32-23-10-8-17(11-19(23)12-27)26-29-14-24(33-26)22-6-4-5-20-18(7-9-21(20)22)13-28-15-25(30)31-3/h4-6,8,10-11,14,16,18,28H,7,9,13,15H2,1-3H3/t18-/m1/s1. The predicted octanol–water partition coefficient (Wildman–Crippen LogP) is 4.93. The lowest BCUT2D eigenvalue weighted by Crippen LogP contribution is -2.27. The SMILES string of the molecule is COC(=O)CNC[C@H]1CCc2c(-c3cnc(-c4ccc(OC(C)C)c(C#N)c4)s3)cccc21. The number of carbonyl (C=O) groups is 1. The van der Waals surface area contributed by atoms with Crippen LogP contribution in [0.1, 0.15) is 42.9 Å². The molecule has 7 heteroatoms. The van der Waals surface area contributed by atoms with Gasteiger partial charge < -0.3 is 14.8 Å². The Morgan fingerprint density at radius 2 is 2.18 bits per heavy atom. The molecule has 1 aliphatic carbocycles. The minimum absolute atomic E-state index is 0.00841. The summed E-state index contributed by atoms with van der Waals surface area (Å²) >= 11 is 1.63. The van der Waals surface area contributed by atoms with Crippen molar-refractivity contribution in [2.45, 2.75) is 38.7 Å². The number of thiazole rings is 1. The molecule has 0 bridgehead atoms. The fourth-order valence-electron chi connectivity index (χ4n) is 4.24. The van der Waals surface area contributed by atoms with E-state index in [1.165, 1.54) is 23.8 Å². The van der Waals surface area contributed by atoms with Gasteiger partial charge in [0.2, 0.25) is 0 Å². The normalized spacial score (nSPS) is 14.7. The fraction of sp³-hybridized carbons (Fsp3) is 0.346. The number of aromatic nitrogens is 1. The summed E-state index contributed by atoms with van der Waals surface area (Å²) in [4.78, 5) is 17.2. The van der Waals surface area contributed by atoms with Gasteiger partial charge in [0.05, 0.1) is 30.2 Å². The molecule has 0 radical (unpaired) electrons. The van der Waals surface area contributed by atoms with Gasteiger partial charge in [-0.25, -0.2) is 4.98 Å². The largest absolute Gasteiger partial charge is 0.490 e. The molecule has 6 nitrogen and oxygen atoms in total. The Morgan fingerprint density at radius 3 is 2.94 bits per heavy atom. The molecule has 3 aromatic rings. The van der Waals surface area contributed by atoms with Gasteiger partial charge in [0.1, 0.15) is 16.8 Å². The molecule has 4 rings (SSSR count). The zero-order valence-electron chi connectivity index (χ0n) is 19.1. The minimum Gasteiger partial charge on any atom is -0.490 e. The van der Waals surface area contributed by atoms with Crippen LogP contribution in [0, 0.1) is 11.3 Å². The van der Waals surface area contributed by atoms with Crippen LogP contribution >= 0.6 is 11.3 Å². The van der Waals surface area contributed by atoms with Crippen LogP contribution in [-0.4, -0.2) is 37.3 Å². The topological polar surface area (TPSA) is 84.2 Å². The van der Waals surface area contributed by atoms with E-state index in [9.17, 15) is 10.1 Å². The number of methoxy groups -OCH3 is 1. The van der Waals surface area contributed by atoms with Crippen molar-refractivity contribution in [1.82, 2.24) is 10.3 Å². The molecule has 0 fully saturated rings. The zero-order chi connectivity index (χ0) is 23.4. The number of rotatable bonds is 8. The van der Waals surface area contributed by atoms with E-state index >= 15 is 0 Å². The number of benzene rings is 2. The summed E-state index contributed by atoms with van der Waals surface area (Å²) in [5.74, 6) is 0.729. The monoisotopic (exact) mass is 461 g/mol. The van der Waals surface area contributed by atoms with Crippen LogP contribution in [0.15, 0.2) is 42.6 Å². The maximum atomic E-state index is 11.4. The maximum absolute atomic E-state index is 11.4. The number of carbonyl (C=O) groups excluding carboxylic acids is 1. The van der Waals surface area contributed by atoms with Crippen molar-refractivity contribution >= 4 is 17.3 Å². The molecule has 0 saturated heterocycles. The van der Waals surface area contributed by atoms with Crippen LogP contribution in [0.5, 0.6) is 5.75 Å². The summed E-state index contributed by atoms with van der Waals surface area (Å²) in [6, 6.07) is 14.3. The number of esters is 1. The first-order chi connectivity index (χ1) is 16.0. The quantitative estimate of drug-likeness (QED) is 0.479. The van der Waals surface area contributed by atoms with E-state index in [1.807, 2.05) is 38.2 Å². The number of hydrogen-bond acceptors (Lipinski definition) is 7. The van der Waals surface area contributed by atoms with E-state index in [1.54, 1.807) is 11.3 Å². The van der Waals surface area contributed by atoms with E-state index in [0.29, 0.717) is 17.2 Å². The Labute approximate surface area is 198 Å². The van der Waals surface area contributed by atoms with Crippen molar-refractivity contribution in [3.05, 3.63) is 59.3 Å². The molecule has 0 saturated carbocycles. The average Bonchev–Trinajstić information content (AvgIpc) is 3.46. The summed E-state index contributed by atoms with van der Waals surface area (Å²) in [5, 5.41) is 13.6. The Bertz CT molecular complexity index is 1200. The molecule has 2 aromatic carbocycles. The molecule has 1 aromatic heterocycles. The molecule has 1 aliphatic rings. The first-order valence-corrected chi connectivity index (χ1v) is 11.9. The fourth-order valence-corrected chi connectivity index (χ4v) is 5.21. The highest BCUT2D eigenvalue weighted by Crippen LogP contribution is 2.41. The third kappa shape index (κ3) is 5.08. The molecule has 1 atom stereocenters. The van der Waals surface area contributed by atoms with Gasteiger partial charge >= 0.3 is 5.97 Å². The lowest BCUT2D eigenvalue weighted by Gasteiger charge is -2.13. The van der Waals surface area contributed by atoms with Crippen LogP contribution < -0.4 is 10.1 Å². The maximum Gasteiger partial charge on any atom is 0.319 e. The third-order valence-electron chi connectivity index (χ3n) is 5.76. The van der Waals surface area contributed by atoms with Crippen molar-refractivity contribution in [3.8, 4) is 32.8 Å². The second kappa shape index (κ2) is 10.2. The van der Waals surface area contributed by atoms with Gasteiger partial charge in [-0.2, -0.15) is 5.26 Å². The first kappa shape index (κ1) is 23.0. The van der Waals surface area contributed by atoms with Crippen LogP contribution in [0.25, 0.3) is 21.0 Å². The van der Waals surface area contributed by atoms with E-state index in [4.69, 9.17) is 9.47 Å². The highest BCUT2D eigenvalue weighted by atomic mass is 32.1. The number of nitrogens with one attached hydrogen (secondary N) is 1. The summed E-state index contributed by atoms with van der Waals surface area (Å²) in [5.41, 5.74) is 5.34. The van der Waals surface area contributed by atoms with Gasteiger partial charge in [-0.3, -0.25) is 4.79 Å². The Balaban J connectivity index is 1.55. The van der Waals surface area contributed by atoms with Gasteiger partial charge in [-0.15, -0.1) is 11.3 Å². The van der Waals surface area contributed by atoms with Crippen molar-refractivity contribution < 1.29 is 14.3 Å². The third-order valence-corrected chi connectivity index (χ3v) is 6.84. The Hall–Kier alpha value is -3.21. The van der Waals surface area contributed by atoms with E-state index in [0.717, 1.165) is 34.8 Å².